The Hall–Kier alpha value is -1.76. The fourth-order valence-electron chi connectivity index (χ4n) is 1.20. The maximum Gasteiger partial charge on any atom is 0.153 e. The van der Waals surface area contributed by atoms with Gasteiger partial charge in [-0.3, -0.25) is 0 Å². The van der Waals surface area contributed by atoms with E-state index in [9.17, 15) is 8.78 Å². The Morgan fingerprint density at radius 2 is 1.94 bits per heavy atom. The Morgan fingerprint density at radius 1 is 1.18 bits per heavy atom. The first kappa shape index (κ1) is 11.7. The van der Waals surface area contributed by atoms with Crippen molar-refractivity contribution in [2.75, 3.05) is 11.1 Å². The number of nitrogens with two attached hydrogens (primary N) is 1. The summed E-state index contributed by atoms with van der Waals surface area (Å²) >= 11 is 3.05. The molecule has 0 amide bonds. The van der Waals surface area contributed by atoms with Crippen molar-refractivity contribution in [2.45, 2.75) is 0 Å². The molecule has 7 heteroatoms. The van der Waals surface area contributed by atoms with Gasteiger partial charge in [-0.2, -0.15) is 0 Å². The van der Waals surface area contributed by atoms with Crippen LogP contribution in [0.1, 0.15) is 0 Å². The van der Waals surface area contributed by atoms with Gasteiger partial charge in [0.25, 0.3) is 0 Å². The van der Waals surface area contributed by atoms with E-state index in [2.05, 4.69) is 31.4 Å². The predicted octanol–water partition coefficient (Wildman–Crippen LogP) is 2.84. The molecule has 2 aromatic rings. The number of nitrogens with zero attached hydrogens (tertiary/aromatic N) is 2. The number of hydrogen-bond acceptors (Lipinski definition) is 4. The lowest BCUT2D eigenvalue weighted by Gasteiger charge is -2.08. The molecule has 88 valence electrons. The second-order valence-electron chi connectivity index (χ2n) is 3.21. The maximum atomic E-state index is 13.5. The molecule has 1 aromatic heterocycles. The minimum Gasteiger partial charge on any atom is -0.382 e. The molecule has 3 N–H and O–H groups in total. The number of benzene rings is 1. The molecule has 0 unspecified atom stereocenters. The average Bonchev–Trinajstić information content (AvgIpc) is 2.26. The van der Waals surface area contributed by atoms with Crippen LogP contribution in [0.5, 0.6) is 0 Å². The lowest BCUT2D eigenvalue weighted by Crippen LogP contribution is -2.00. The highest BCUT2D eigenvalue weighted by molar-refractivity contribution is 9.10. The summed E-state index contributed by atoms with van der Waals surface area (Å²) in [7, 11) is 0. The molecular weight excluding hydrogens is 294 g/mol. The van der Waals surface area contributed by atoms with Gasteiger partial charge in [0.2, 0.25) is 0 Å². The van der Waals surface area contributed by atoms with E-state index in [0.29, 0.717) is 5.82 Å². The molecule has 2 rings (SSSR count). The average molecular weight is 301 g/mol. The van der Waals surface area contributed by atoms with E-state index in [1.165, 1.54) is 12.1 Å². The number of rotatable bonds is 2. The largest absolute Gasteiger partial charge is 0.382 e. The third kappa shape index (κ3) is 2.68. The van der Waals surface area contributed by atoms with Crippen LogP contribution in [-0.2, 0) is 0 Å². The van der Waals surface area contributed by atoms with Crippen molar-refractivity contribution >= 4 is 33.3 Å². The van der Waals surface area contributed by atoms with Crippen molar-refractivity contribution in [3.63, 3.8) is 0 Å². The van der Waals surface area contributed by atoms with E-state index in [4.69, 9.17) is 5.73 Å². The molecule has 4 nitrogen and oxygen atoms in total. The first-order valence-corrected chi connectivity index (χ1v) is 5.36. The lowest BCUT2D eigenvalue weighted by molar-refractivity contribution is 0.584. The molecule has 0 aliphatic carbocycles. The zero-order valence-electron chi connectivity index (χ0n) is 8.42. The first-order valence-electron chi connectivity index (χ1n) is 4.57. The van der Waals surface area contributed by atoms with E-state index in [1.54, 1.807) is 0 Å². The molecule has 0 radical (unpaired) electrons. The molecule has 0 aliphatic heterocycles. The van der Waals surface area contributed by atoms with Crippen LogP contribution in [0.2, 0.25) is 0 Å². The second kappa shape index (κ2) is 4.62. The van der Waals surface area contributed by atoms with Gasteiger partial charge in [-0.05, 0) is 34.1 Å². The van der Waals surface area contributed by atoms with Crippen molar-refractivity contribution < 1.29 is 8.78 Å². The molecular formula is C10H7BrF2N4. The van der Waals surface area contributed by atoms with Crippen molar-refractivity contribution in [1.82, 2.24) is 10.2 Å². The number of halogens is 3. The van der Waals surface area contributed by atoms with Gasteiger partial charge in [0.05, 0.1) is 5.69 Å². The van der Waals surface area contributed by atoms with Gasteiger partial charge in [-0.1, -0.05) is 0 Å². The van der Waals surface area contributed by atoms with Crippen LogP contribution in [0.4, 0.5) is 26.1 Å². The van der Waals surface area contributed by atoms with Gasteiger partial charge < -0.3 is 11.1 Å². The first-order chi connectivity index (χ1) is 8.06. The number of anilines is 3. The van der Waals surface area contributed by atoms with Gasteiger partial charge in [0.1, 0.15) is 11.6 Å². The summed E-state index contributed by atoms with van der Waals surface area (Å²) in [5.41, 5.74) is 5.45. The van der Waals surface area contributed by atoms with Crippen LogP contribution < -0.4 is 11.1 Å². The van der Waals surface area contributed by atoms with Crippen LogP contribution in [-0.4, -0.2) is 10.2 Å². The van der Waals surface area contributed by atoms with Crippen molar-refractivity contribution in [3.8, 4) is 0 Å². The predicted molar refractivity (Wildman–Crippen MR) is 63.8 cm³/mol. The second-order valence-corrected chi connectivity index (χ2v) is 4.07. The van der Waals surface area contributed by atoms with Crippen LogP contribution in [0.15, 0.2) is 28.7 Å². The third-order valence-electron chi connectivity index (χ3n) is 1.95. The summed E-state index contributed by atoms with van der Waals surface area (Å²) in [5, 5.41) is 9.99. The van der Waals surface area contributed by atoms with E-state index in [0.717, 1.165) is 12.1 Å². The van der Waals surface area contributed by atoms with Crippen LogP contribution >= 0.6 is 15.9 Å². The summed E-state index contributed by atoms with van der Waals surface area (Å²) in [6.07, 6.45) is 0. The SMILES string of the molecule is Nc1ccc(Nc2c(F)cc(F)cc2Br)nn1. The van der Waals surface area contributed by atoms with Gasteiger partial charge in [-0.25, -0.2) is 8.78 Å². The van der Waals surface area contributed by atoms with Crippen LogP contribution in [0.25, 0.3) is 0 Å². The van der Waals surface area contributed by atoms with Gasteiger partial charge in [0.15, 0.2) is 11.6 Å². The molecule has 0 bridgehead atoms. The van der Waals surface area contributed by atoms with Crippen molar-refractivity contribution in [3.05, 3.63) is 40.4 Å². The molecule has 0 spiro atoms. The molecule has 1 heterocycles. The number of nitrogens with one attached hydrogen (secondary N) is 1. The Labute approximate surface area is 104 Å². The quantitative estimate of drug-likeness (QED) is 0.895. The number of aromatic nitrogens is 2. The molecule has 0 saturated heterocycles. The van der Waals surface area contributed by atoms with Gasteiger partial charge >= 0.3 is 0 Å². The maximum absolute atomic E-state index is 13.5. The number of hydrogen-bond donors (Lipinski definition) is 2. The highest BCUT2D eigenvalue weighted by Crippen LogP contribution is 2.28. The molecule has 0 atom stereocenters. The van der Waals surface area contributed by atoms with Crippen molar-refractivity contribution in [1.29, 1.82) is 0 Å². The highest BCUT2D eigenvalue weighted by atomic mass is 79.9. The standard InChI is InChI=1S/C10H7BrF2N4/c11-6-3-5(12)4-7(13)10(6)15-9-2-1-8(14)16-17-9/h1-4H,(H2,14,16)(H,15,17). The van der Waals surface area contributed by atoms with Crippen LogP contribution in [0.3, 0.4) is 0 Å². The molecule has 1 aromatic carbocycles. The zero-order valence-corrected chi connectivity index (χ0v) is 10.0. The van der Waals surface area contributed by atoms with E-state index >= 15 is 0 Å². The molecule has 0 fully saturated rings. The summed E-state index contributed by atoms with van der Waals surface area (Å²) < 4.78 is 26.6. The Kier molecular flexibility index (Phi) is 3.19. The zero-order chi connectivity index (χ0) is 12.4. The fourth-order valence-corrected chi connectivity index (χ4v) is 1.71. The van der Waals surface area contributed by atoms with E-state index < -0.39 is 11.6 Å². The Balaban J connectivity index is 2.33. The van der Waals surface area contributed by atoms with E-state index in [-0.39, 0.29) is 16.0 Å². The highest BCUT2D eigenvalue weighted by Gasteiger charge is 2.10. The van der Waals surface area contributed by atoms with E-state index in [1.807, 2.05) is 0 Å². The molecule has 0 aliphatic rings. The summed E-state index contributed by atoms with van der Waals surface area (Å²) in [6.45, 7) is 0. The lowest BCUT2D eigenvalue weighted by atomic mass is 10.3. The summed E-state index contributed by atoms with van der Waals surface area (Å²) in [4.78, 5) is 0. The smallest absolute Gasteiger partial charge is 0.153 e. The molecule has 0 saturated carbocycles. The minimum atomic E-state index is -0.726. The van der Waals surface area contributed by atoms with Gasteiger partial charge in [-0.15, -0.1) is 10.2 Å². The minimum absolute atomic E-state index is 0.0884. The monoisotopic (exact) mass is 300 g/mol. The van der Waals surface area contributed by atoms with Crippen molar-refractivity contribution in [2.24, 2.45) is 0 Å². The Bertz CT molecular complexity index is 521. The van der Waals surface area contributed by atoms with Crippen LogP contribution in [0, 0.1) is 11.6 Å². The summed E-state index contributed by atoms with van der Waals surface area (Å²) in [6, 6.07) is 4.98. The normalized spacial score (nSPS) is 10.3. The topological polar surface area (TPSA) is 63.8 Å². The molecule has 17 heavy (non-hydrogen) atoms. The van der Waals surface area contributed by atoms with Gasteiger partial charge in [0, 0.05) is 10.5 Å². The fraction of sp³-hybridized carbons (Fsp3) is 0. The third-order valence-corrected chi connectivity index (χ3v) is 2.57. The summed E-state index contributed by atoms with van der Waals surface area (Å²) in [5.74, 6) is -0.821. The Morgan fingerprint density at radius 3 is 2.53 bits per heavy atom. The number of nitrogen functional groups attached to an aromatic ring is 1.